The zero-order valence-electron chi connectivity index (χ0n) is 15.5. The van der Waals surface area contributed by atoms with Crippen molar-refractivity contribution in [1.29, 1.82) is 0 Å². The molecule has 1 unspecified atom stereocenters. The highest BCUT2D eigenvalue weighted by Gasteiger charge is 2.28. The maximum absolute atomic E-state index is 12.6. The number of benzene rings is 2. The monoisotopic (exact) mass is 405 g/mol. The maximum Gasteiger partial charge on any atom is 0.240 e. The highest BCUT2D eigenvalue weighted by atomic mass is 32.2. The Labute approximate surface area is 163 Å². The van der Waals surface area contributed by atoms with E-state index in [-0.39, 0.29) is 11.4 Å². The van der Waals surface area contributed by atoms with Gasteiger partial charge < -0.3 is 9.84 Å². The number of rotatable bonds is 7. The molecule has 144 valence electrons. The number of fused-ring (bicyclic) bond motifs is 1. The molecule has 0 saturated heterocycles. The molecule has 1 atom stereocenters. The highest BCUT2D eigenvalue weighted by molar-refractivity contribution is 7.89. The molecular weight excluding hydrogens is 382 g/mol. The zero-order chi connectivity index (χ0) is 19.7. The van der Waals surface area contributed by atoms with Crippen molar-refractivity contribution in [2.24, 2.45) is 0 Å². The van der Waals surface area contributed by atoms with Crippen LogP contribution in [0.1, 0.15) is 24.3 Å². The quantitative estimate of drug-likeness (QED) is 0.627. The van der Waals surface area contributed by atoms with Crippen LogP contribution in [0.5, 0.6) is 5.75 Å². The number of aliphatic hydroxyl groups is 1. The second-order valence-electron chi connectivity index (χ2n) is 6.61. The van der Waals surface area contributed by atoms with Crippen LogP contribution in [-0.2, 0) is 15.6 Å². The predicted octanol–water partition coefficient (Wildman–Crippen LogP) is 3.79. The summed E-state index contributed by atoms with van der Waals surface area (Å²) in [5, 5.41) is 11.9. The van der Waals surface area contributed by atoms with Gasteiger partial charge in [0.05, 0.1) is 11.5 Å². The second kappa shape index (κ2) is 7.59. The van der Waals surface area contributed by atoms with E-state index in [4.69, 9.17) is 4.74 Å². The van der Waals surface area contributed by atoms with Gasteiger partial charge in [0.15, 0.2) is 0 Å². The van der Waals surface area contributed by atoms with Crippen molar-refractivity contribution in [3.05, 3.63) is 59.0 Å². The van der Waals surface area contributed by atoms with Crippen molar-refractivity contribution in [2.45, 2.75) is 31.3 Å². The van der Waals surface area contributed by atoms with Gasteiger partial charge in [-0.1, -0.05) is 18.2 Å². The summed E-state index contributed by atoms with van der Waals surface area (Å²) < 4.78 is 34.3. The Morgan fingerprint density at radius 3 is 2.59 bits per heavy atom. The lowest BCUT2D eigenvalue weighted by atomic mass is 10.1. The van der Waals surface area contributed by atoms with E-state index in [1.807, 2.05) is 37.3 Å². The molecule has 0 saturated carbocycles. The summed E-state index contributed by atoms with van der Waals surface area (Å²) in [7, 11) is -3.75. The summed E-state index contributed by atoms with van der Waals surface area (Å²) in [5.41, 5.74) is -0.562. The fourth-order valence-corrected chi connectivity index (χ4v) is 5.08. The van der Waals surface area contributed by atoms with Crippen LogP contribution in [0.3, 0.4) is 0 Å². The van der Waals surface area contributed by atoms with E-state index in [0.29, 0.717) is 17.2 Å². The van der Waals surface area contributed by atoms with Crippen LogP contribution in [0.4, 0.5) is 0 Å². The molecule has 5 nitrogen and oxygen atoms in total. The van der Waals surface area contributed by atoms with E-state index < -0.39 is 15.6 Å². The van der Waals surface area contributed by atoms with Crippen LogP contribution >= 0.6 is 11.3 Å². The van der Waals surface area contributed by atoms with Crippen LogP contribution in [0.2, 0.25) is 0 Å². The average molecular weight is 406 g/mol. The summed E-state index contributed by atoms with van der Waals surface area (Å²) in [6.07, 6.45) is 0. The van der Waals surface area contributed by atoms with Crippen LogP contribution < -0.4 is 9.46 Å². The lowest BCUT2D eigenvalue weighted by Gasteiger charge is -2.22. The lowest BCUT2D eigenvalue weighted by molar-refractivity contribution is 0.0666. The minimum absolute atomic E-state index is 0.117. The van der Waals surface area contributed by atoms with Crippen molar-refractivity contribution < 1.29 is 18.3 Å². The van der Waals surface area contributed by atoms with Crippen molar-refractivity contribution in [3.63, 3.8) is 0 Å². The molecule has 0 aliphatic heterocycles. The molecule has 0 fully saturated rings. The predicted molar refractivity (Wildman–Crippen MR) is 109 cm³/mol. The molecule has 0 aliphatic carbocycles. The Bertz CT molecular complexity index is 1020. The van der Waals surface area contributed by atoms with E-state index in [1.54, 1.807) is 26.0 Å². The van der Waals surface area contributed by atoms with Crippen molar-refractivity contribution in [1.82, 2.24) is 4.72 Å². The topological polar surface area (TPSA) is 75.6 Å². The third-order valence-electron chi connectivity index (χ3n) is 4.32. The van der Waals surface area contributed by atoms with Crippen molar-refractivity contribution in [2.75, 3.05) is 13.2 Å². The number of hydrogen-bond donors (Lipinski definition) is 2. The maximum atomic E-state index is 12.6. The van der Waals surface area contributed by atoms with Gasteiger partial charge in [0.25, 0.3) is 0 Å². The highest BCUT2D eigenvalue weighted by Crippen LogP contribution is 2.33. The molecule has 3 aromatic rings. The summed E-state index contributed by atoms with van der Waals surface area (Å²) in [4.78, 5) is 0.866. The van der Waals surface area contributed by atoms with Gasteiger partial charge in [0.2, 0.25) is 10.0 Å². The van der Waals surface area contributed by atoms with Gasteiger partial charge in [-0.15, -0.1) is 11.3 Å². The number of hydrogen-bond acceptors (Lipinski definition) is 5. The van der Waals surface area contributed by atoms with E-state index in [0.717, 1.165) is 15.6 Å². The Balaban J connectivity index is 1.78. The standard InChI is InChI=1S/C20H23NO4S2/c1-4-25-17-10-9-16(11-14(17)2)27(23,24)21-13-20(3,22)19-12-15-7-5-6-8-18(15)26-19/h5-12,21-22H,4,13H2,1-3H3. The molecule has 0 amide bonds. The van der Waals surface area contributed by atoms with Crippen LogP contribution in [-0.4, -0.2) is 26.7 Å². The van der Waals surface area contributed by atoms with Crippen LogP contribution in [0, 0.1) is 6.92 Å². The largest absolute Gasteiger partial charge is 0.494 e. The van der Waals surface area contributed by atoms with Gasteiger partial charge in [0, 0.05) is 16.1 Å². The number of thiophene rings is 1. The fraction of sp³-hybridized carbons (Fsp3) is 0.300. The smallest absolute Gasteiger partial charge is 0.240 e. The van der Waals surface area contributed by atoms with Crippen LogP contribution in [0.15, 0.2) is 53.4 Å². The number of sulfonamides is 1. The van der Waals surface area contributed by atoms with Gasteiger partial charge in [-0.3, -0.25) is 0 Å². The summed E-state index contributed by atoms with van der Waals surface area (Å²) in [5.74, 6) is 0.661. The molecule has 27 heavy (non-hydrogen) atoms. The molecule has 2 aromatic carbocycles. The molecular formula is C20H23NO4S2. The van der Waals surface area contributed by atoms with Gasteiger partial charge in [-0.2, -0.15) is 0 Å². The Morgan fingerprint density at radius 2 is 1.93 bits per heavy atom. The zero-order valence-corrected chi connectivity index (χ0v) is 17.2. The van der Waals surface area contributed by atoms with Gasteiger partial charge in [0.1, 0.15) is 11.4 Å². The van der Waals surface area contributed by atoms with E-state index in [1.165, 1.54) is 17.4 Å². The SMILES string of the molecule is CCOc1ccc(S(=O)(=O)NCC(C)(O)c2cc3ccccc3s2)cc1C. The molecule has 3 rings (SSSR count). The molecule has 2 N–H and O–H groups in total. The Morgan fingerprint density at radius 1 is 1.19 bits per heavy atom. The molecule has 0 radical (unpaired) electrons. The van der Waals surface area contributed by atoms with Gasteiger partial charge >= 0.3 is 0 Å². The lowest BCUT2D eigenvalue weighted by Crippen LogP contribution is -2.38. The fourth-order valence-electron chi connectivity index (χ4n) is 2.76. The molecule has 0 bridgehead atoms. The Hall–Kier alpha value is -1.93. The third-order valence-corrected chi connectivity index (χ3v) is 7.09. The molecule has 1 aromatic heterocycles. The van der Waals surface area contributed by atoms with Gasteiger partial charge in [-0.25, -0.2) is 13.1 Å². The minimum atomic E-state index is -3.75. The molecule has 0 aliphatic rings. The molecule has 1 heterocycles. The summed E-state index contributed by atoms with van der Waals surface area (Å²) in [6, 6.07) is 14.5. The van der Waals surface area contributed by atoms with Gasteiger partial charge in [-0.05, 0) is 62.1 Å². The number of ether oxygens (including phenoxy) is 1. The first-order valence-corrected chi connectivity index (χ1v) is 11.0. The van der Waals surface area contributed by atoms with Crippen LogP contribution in [0.25, 0.3) is 10.1 Å². The Kier molecular flexibility index (Phi) is 5.58. The number of aryl methyl sites for hydroxylation is 1. The van der Waals surface area contributed by atoms with Crippen molar-refractivity contribution in [3.8, 4) is 5.75 Å². The minimum Gasteiger partial charge on any atom is -0.494 e. The third kappa shape index (κ3) is 4.32. The number of nitrogens with one attached hydrogen (secondary N) is 1. The first-order valence-electron chi connectivity index (χ1n) is 8.67. The van der Waals surface area contributed by atoms with E-state index in [9.17, 15) is 13.5 Å². The van der Waals surface area contributed by atoms with Crippen molar-refractivity contribution >= 4 is 31.4 Å². The molecule has 7 heteroatoms. The second-order valence-corrected chi connectivity index (χ2v) is 9.46. The molecule has 0 spiro atoms. The first-order chi connectivity index (χ1) is 12.7. The first kappa shape index (κ1) is 19.8. The summed E-state index contributed by atoms with van der Waals surface area (Å²) >= 11 is 1.46. The van der Waals surface area contributed by atoms with E-state index in [2.05, 4.69) is 4.72 Å². The van der Waals surface area contributed by atoms with E-state index >= 15 is 0 Å². The summed E-state index contributed by atoms with van der Waals surface area (Å²) in [6.45, 7) is 5.69. The normalized spacial score (nSPS) is 14.2. The average Bonchev–Trinajstić information content (AvgIpc) is 3.07.